The Balaban J connectivity index is 1.31. The van der Waals surface area contributed by atoms with Crippen molar-refractivity contribution < 1.29 is 9.53 Å². The largest absolute Gasteiger partial charge is 0.367 e. The Morgan fingerprint density at radius 2 is 1.50 bits per heavy atom. The molecule has 6 rings (SSSR count). The summed E-state index contributed by atoms with van der Waals surface area (Å²) in [5.74, 6) is 2.70. The Bertz CT molecular complexity index is 807. The number of nitrogens with one attached hydrogen (secondary N) is 1. The zero-order chi connectivity index (χ0) is 19.1. The third-order valence-corrected chi connectivity index (χ3v) is 7.38. The summed E-state index contributed by atoms with van der Waals surface area (Å²) in [6.45, 7) is 0. The van der Waals surface area contributed by atoms with Crippen LogP contribution >= 0.6 is 0 Å². The van der Waals surface area contributed by atoms with Gasteiger partial charge in [-0.25, -0.2) is 0 Å². The lowest BCUT2D eigenvalue weighted by molar-refractivity contribution is -0.126. The molecule has 1 N–H and O–H groups in total. The molecule has 0 aromatic heterocycles. The predicted octanol–water partition coefficient (Wildman–Crippen LogP) is 5.48. The van der Waals surface area contributed by atoms with Crippen molar-refractivity contribution in [2.24, 2.45) is 17.8 Å². The van der Waals surface area contributed by atoms with Crippen LogP contribution in [0.25, 0.3) is 0 Å². The number of carbonyl (C=O) groups is 1. The summed E-state index contributed by atoms with van der Waals surface area (Å²) in [5, 5.41) is 3.03. The summed E-state index contributed by atoms with van der Waals surface area (Å²) < 4.78 is 5.45. The third-order valence-electron chi connectivity index (χ3n) is 7.38. The Morgan fingerprint density at radius 1 is 0.929 bits per heavy atom. The van der Waals surface area contributed by atoms with Gasteiger partial charge in [-0.15, -0.1) is 0 Å². The number of anilines is 1. The lowest BCUT2D eigenvalue weighted by atomic mass is 9.48. The molecule has 28 heavy (non-hydrogen) atoms. The molecule has 0 radical (unpaired) electrons. The van der Waals surface area contributed by atoms with Gasteiger partial charge in [0.25, 0.3) is 5.91 Å². The number of carbonyl (C=O) groups excluding carboxylic acids is 1. The topological polar surface area (TPSA) is 38.3 Å². The molecule has 3 nitrogen and oxygen atoms in total. The number of ether oxygens (including phenoxy) is 1. The van der Waals surface area contributed by atoms with E-state index in [1.807, 2.05) is 30.3 Å². The average molecular weight is 376 g/mol. The molecule has 0 heterocycles. The monoisotopic (exact) mass is 375 g/mol. The first-order valence-electron chi connectivity index (χ1n) is 10.6. The van der Waals surface area contributed by atoms with Gasteiger partial charge in [-0.1, -0.05) is 42.5 Å². The van der Waals surface area contributed by atoms with Crippen LogP contribution in [0.3, 0.4) is 0 Å². The van der Waals surface area contributed by atoms with E-state index in [1.54, 1.807) is 7.11 Å². The molecule has 0 aliphatic heterocycles. The lowest BCUT2D eigenvalue weighted by Crippen LogP contribution is -2.48. The first-order chi connectivity index (χ1) is 13.6. The Hall–Kier alpha value is -2.13. The molecule has 4 saturated carbocycles. The van der Waals surface area contributed by atoms with Crippen LogP contribution in [0.4, 0.5) is 5.69 Å². The van der Waals surface area contributed by atoms with Crippen molar-refractivity contribution in [2.75, 3.05) is 12.4 Å². The second kappa shape index (κ2) is 7.04. The number of hydrogen-bond donors (Lipinski definition) is 1. The smallest absolute Gasteiger partial charge is 0.258 e. The van der Waals surface area contributed by atoms with Gasteiger partial charge in [0.1, 0.15) is 0 Å². The molecule has 4 aliphatic carbocycles. The van der Waals surface area contributed by atoms with Crippen LogP contribution in [-0.2, 0) is 14.9 Å². The van der Waals surface area contributed by atoms with Crippen LogP contribution in [0.5, 0.6) is 0 Å². The summed E-state index contributed by atoms with van der Waals surface area (Å²) in [6.07, 6.45) is 7.89. The first-order valence-corrected chi connectivity index (χ1v) is 10.6. The first kappa shape index (κ1) is 17.9. The lowest BCUT2D eigenvalue weighted by Gasteiger charge is -2.57. The summed E-state index contributed by atoms with van der Waals surface area (Å²) >= 11 is 0. The van der Waals surface area contributed by atoms with Crippen LogP contribution in [0.15, 0.2) is 54.6 Å². The number of benzene rings is 2. The van der Waals surface area contributed by atoms with E-state index in [1.165, 1.54) is 44.1 Å². The van der Waals surface area contributed by atoms with Gasteiger partial charge in [-0.05, 0) is 85.0 Å². The number of hydrogen-bond acceptors (Lipinski definition) is 2. The molecule has 0 saturated heterocycles. The van der Waals surface area contributed by atoms with Gasteiger partial charge in [0.05, 0.1) is 0 Å². The average Bonchev–Trinajstić information content (AvgIpc) is 2.69. The van der Waals surface area contributed by atoms with Crippen molar-refractivity contribution in [3.63, 3.8) is 0 Å². The molecule has 0 spiro atoms. The molecule has 3 heteroatoms. The van der Waals surface area contributed by atoms with Crippen molar-refractivity contribution in [3.8, 4) is 0 Å². The standard InChI is InChI=1S/C25H29NO2/c1-28-23(20-5-3-2-4-6-20)24(27)26-22-9-7-21(8-10-22)25-14-17-11-18(15-25)13-19(12-17)16-25/h2-10,17-19,23H,11-16H2,1H3,(H,26,27). The van der Waals surface area contributed by atoms with Gasteiger partial charge >= 0.3 is 0 Å². The van der Waals surface area contributed by atoms with Gasteiger partial charge in [0, 0.05) is 12.8 Å². The molecule has 146 valence electrons. The van der Waals surface area contributed by atoms with Gasteiger partial charge in [0.2, 0.25) is 0 Å². The second-order valence-corrected chi connectivity index (χ2v) is 9.29. The second-order valence-electron chi connectivity index (χ2n) is 9.29. The van der Waals surface area contributed by atoms with Gasteiger partial charge in [-0.2, -0.15) is 0 Å². The normalized spacial score (nSPS) is 31.5. The highest BCUT2D eigenvalue weighted by molar-refractivity contribution is 5.94. The van der Waals surface area contributed by atoms with E-state index in [9.17, 15) is 4.79 Å². The predicted molar refractivity (Wildman–Crippen MR) is 111 cm³/mol. The minimum Gasteiger partial charge on any atom is -0.367 e. The van der Waals surface area contributed by atoms with E-state index >= 15 is 0 Å². The maximum absolute atomic E-state index is 12.7. The van der Waals surface area contributed by atoms with Crippen molar-refractivity contribution in [1.29, 1.82) is 0 Å². The van der Waals surface area contributed by atoms with Crippen LogP contribution in [0, 0.1) is 17.8 Å². The fourth-order valence-electron chi connectivity index (χ4n) is 6.60. The quantitative estimate of drug-likeness (QED) is 0.751. The van der Waals surface area contributed by atoms with Crippen molar-refractivity contribution >= 4 is 11.6 Å². The highest BCUT2D eigenvalue weighted by Gasteiger charge is 2.51. The van der Waals surface area contributed by atoms with Gasteiger partial charge in [0.15, 0.2) is 6.10 Å². The van der Waals surface area contributed by atoms with Crippen molar-refractivity contribution in [3.05, 3.63) is 65.7 Å². The molecule has 1 unspecified atom stereocenters. The van der Waals surface area contributed by atoms with Crippen molar-refractivity contribution in [2.45, 2.75) is 50.0 Å². The van der Waals surface area contributed by atoms with E-state index in [2.05, 4.69) is 29.6 Å². The highest BCUT2D eigenvalue weighted by atomic mass is 16.5. The number of amides is 1. The summed E-state index contributed by atoms with van der Waals surface area (Å²) in [6, 6.07) is 18.3. The molecule has 4 fully saturated rings. The minimum absolute atomic E-state index is 0.128. The maximum Gasteiger partial charge on any atom is 0.258 e. The number of rotatable bonds is 5. The molecule has 2 aromatic carbocycles. The zero-order valence-electron chi connectivity index (χ0n) is 16.6. The Kier molecular flexibility index (Phi) is 4.51. The van der Waals surface area contributed by atoms with Gasteiger partial charge in [-0.3, -0.25) is 4.79 Å². The maximum atomic E-state index is 12.7. The highest BCUT2D eigenvalue weighted by Crippen LogP contribution is 2.60. The molecular formula is C25H29NO2. The van der Waals surface area contributed by atoms with Crippen molar-refractivity contribution in [1.82, 2.24) is 0 Å². The van der Waals surface area contributed by atoms with Gasteiger partial charge < -0.3 is 10.1 Å². The molecule has 1 amide bonds. The molecule has 2 aromatic rings. The van der Waals surface area contributed by atoms with Crippen LogP contribution in [0.2, 0.25) is 0 Å². The van der Waals surface area contributed by atoms with Crippen LogP contribution < -0.4 is 5.32 Å². The van der Waals surface area contributed by atoms with E-state index in [0.29, 0.717) is 5.41 Å². The minimum atomic E-state index is -0.593. The van der Waals surface area contributed by atoms with Crippen LogP contribution in [-0.4, -0.2) is 13.0 Å². The SMILES string of the molecule is COC(C(=O)Nc1ccc(C23CC4CC(CC(C4)C2)C3)cc1)c1ccccc1. The fraction of sp³-hybridized carbons (Fsp3) is 0.480. The van der Waals surface area contributed by atoms with E-state index in [-0.39, 0.29) is 5.91 Å². The van der Waals surface area contributed by atoms with E-state index < -0.39 is 6.10 Å². The molecule has 1 atom stereocenters. The van der Waals surface area contributed by atoms with E-state index in [4.69, 9.17) is 4.74 Å². The summed E-state index contributed by atoms with van der Waals surface area (Å²) in [5.41, 5.74) is 3.59. The number of methoxy groups -OCH3 is 1. The Morgan fingerprint density at radius 3 is 2.04 bits per heavy atom. The molecular weight excluding hydrogens is 346 g/mol. The zero-order valence-corrected chi connectivity index (χ0v) is 16.6. The van der Waals surface area contributed by atoms with E-state index in [0.717, 1.165) is 29.0 Å². The summed E-state index contributed by atoms with van der Waals surface area (Å²) in [4.78, 5) is 12.7. The Labute approximate surface area is 167 Å². The summed E-state index contributed by atoms with van der Waals surface area (Å²) in [7, 11) is 1.58. The fourth-order valence-corrected chi connectivity index (χ4v) is 6.60. The van der Waals surface area contributed by atoms with Crippen LogP contribution in [0.1, 0.15) is 55.8 Å². The molecule has 4 aliphatic rings. The third kappa shape index (κ3) is 3.16. The molecule has 4 bridgehead atoms.